The summed E-state index contributed by atoms with van der Waals surface area (Å²) in [6, 6.07) is 12.1. The van der Waals surface area contributed by atoms with Gasteiger partial charge in [0.1, 0.15) is 23.3 Å². The first kappa shape index (κ1) is 40.0. The molecule has 0 unspecified atom stereocenters. The topological polar surface area (TPSA) is 206 Å². The molecular weight excluding hydrogens is 731 g/mol. The van der Waals surface area contributed by atoms with Gasteiger partial charge in [-0.05, 0) is 87.8 Å². The third kappa shape index (κ3) is 6.93. The molecule has 0 radical (unpaired) electrons. The summed E-state index contributed by atoms with van der Waals surface area (Å²) < 4.78 is 67.8. The maximum absolute atomic E-state index is 14.4. The Kier molecular flexibility index (Phi) is 9.84. The van der Waals surface area contributed by atoms with E-state index in [1.807, 2.05) is 0 Å². The number of rotatable bonds is 9. The van der Waals surface area contributed by atoms with Crippen molar-refractivity contribution in [2.24, 2.45) is 0 Å². The third-order valence-electron chi connectivity index (χ3n) is 10.0. The van der Waals surface area contributed by atoms with Crippen molar-refractivity contribution >= 4 is 12.6 Å². The molecule has 55 heavy (non-hydrogen) atoms. The van der Waals surface area contributed by atoms with Gasteiger partial charge < -0.3 is 50.2 Å². The number of pyridine rings is 2. The molecule has 1 saturated heterocycles. The highest BCUT2D eigenvalue weighted by Crippen LogP contribution is 2.43. The van der Waals surface area contributed by atoms with Crippen LogP contribution in [0.25, 0.3) is 22.5 Å². The summed E-state index contributed by atoms with van der Waals surface area (Å²) in [7, 11) is -1.38. The van der Waals surface area contributed by atoms with Crippen LogP contribution in [0.3, 0.4) is 0 Å². The first-order valence-corrected chi connectivity index (χ1v) is 16.5. The lowest BCUT2D eigenvalue weighted by molar-refractivity contribution is -0.378. The fraction of sp³-hybridized carbons (Fsp3) is 0.263. The third-order valence-corrected chi connectivity index (χ3v) is 10.0. The van der Waals surface area contributed by atoms with Crippen molar-refractivity contribution in [1.82, 2.24) is 9.97 Å². The Bertz CT molecular complexity index is 2100. The Morgan fingerprint density at radius 1 is 0.491 bits per heavy atom. The molecule has 288 valence electrons. The van der Waals surface area contributed by atoms with E-state index < -0.39 is 87.0 Å². The monoisotopic (exact) mass is 766 g/mol. The SMILES string of the molecule is CC1(C)OB(c2cc(C(O)(O)C(O)(O)c3ccc(-c4ccc(F)cc4F)nc3)cc(C(O)(O)C(O)(O)c3ccc(-c4ccc(F)cc4F)nc3)c2)OC1(C)C. The van der Waals surface area contributed by atoms with E-state index in [-0.39, 0.29) is 28.0 Å². The van der Waals surface area contributed by atoms with Crippen molar-refractivity contribution in [3.05, 3.63) is 137 Å². The van der Waals surface area contributed by atoms with Gasteiger partial charge in [0.2, 0.25) is 0 Å². The molecule has 2 aromatic heterocycles. The molecule has 0 amide bonds. The largest absolute Gasteiger partial charge is 0.494 e. The number of hydrogen-bond donors (Lipinski definition) is 8. The molecule has 8 N–H and O–H groups in total. The van der Waals surface area contributed by atoms with Gasteiger partial charge in [-0.25, -0.2) is 17.6 Å². The van der Waals surface area contributed by atoms with Gasteiger partial charge in [0, 0.05) is 57.9 Å². The molecule has 6 rings (SSSR count). The molecule has 3 aromatic carbocycles. The summed E-state index contributed by atoms with van der Waals surface area (Å²) >= 11 is 0. The summed E-state index contributed by atoms with van der Waals surface area (Å²) in [4.78, 5) is 7.90. The Balaban J connectivity index is 1.42. The van der Waals surface area contributed by atoms with E-state index in [1.165, 1.54) is 0 Å². The number of aliphatic hydroxyl groups is 8. The summed E-state index contributed by atoms with van der Waals surface area (Å²) in [5.41, 5.74) is -5.69. The van der Waals surface area contributed by atoms with Gasteiger partial charge in [0.05, 0.1) is 22.6 Å². The van der Waals surface area contributed by atoms with Crippen LogP contribution in [-0.4, -0.2) is 69.1 Å². The zero-order chi connectivity index (χ0) is 40.5. The average molecular weight is 767 g/mol. The highest BCUT2D eigenvalue weighted by molar-refractivity contribution is 6.62. The maximum atomic E-state index is 14.4. The smallest absolute Gasteiger partial charge is 0.399 e. The second-order valence-electron chi connectivity index (χ2n) is 14.2. The van der Waals surface area contributed by atoms with Crippen molar-refractivity contribution < 1.29 is 67.7 Å². The first-order valence-electron chi connectivity index (χ1n) is 16.5. The fourth-order valence-electron chi connectivity index (χ4n) is 5.89. The van der Waals surface area contributed by atoms with Crippen LogP contribution in [0.4, 0.5) is 17.6 Å². The van der Waals surface area contributed by atoms with Gasteiger partial charge in [0.15, 0.2) is 0 Å². The minimum absolute atomic E-state index is 0.0820. The van der Waals surface area contributed by atoms with Gasteiger partial charge in [-0.2, -0.15) is 0 Å². The Hall–Kier alpha value is -4.66. The van der Waals surface area contributed by atoms with Crippen molar-refractivity contribution in [3.63, 3.8) is 0 Å². The molecule has 0 aliphatic carbocycles. The quantitative estimate of drug-likeness (QED) is 0.0620. The molecule has 12 nitrogen and oxygen atoms in total. The summed E-state index contributed by atoms with van der Waals surface area (Å²) in [5, 5.41) is 91.0. The normalized spacial score (nSPS) is 16.1. The van der Waals surface area contributed by atoms with Crippen molar-refractivity contribution in [1.29, 1.82) is 0 Å². The second kappa shape index (κ2) is 13.5. The Morgan fingerprint density at radius 2 is 0.855 bits per heavy atom. The first-order chi connectivity index (χ1) is 25.4. The Labute approximate surface area is 311 Å². The minimum Gasteiger partial charge on any atom is -0.399 e. The lowest BCUT2D eigenvalue weighted by Crippen LogP contribution is -2.52. The van der Waals surface area contributed by atoms with Gasteiger partial charge in [-0.1, -0.05) is 12.1 Å². The number of halogens is 4. The van der Waals surface area contributed by atoms with Crippen LogP contribution in [0.5, 0.6) is 0 Å². The van der Waals surface area contributed by atoms with Crippen LogP contribution in [0.1, 0.15) is 49.9 Å². The molecule has 0 spiro atoms. The Morgan fingerprint density at radius 3 is 1.18 bits per heavy atom. The van der Waals surface area contributed by atoms with E-state index in [0.29, 0.717) is 18.2 Å². The van der Waals surface area contributed by atoms with Crippen LogP contribution in [-0.2, 0) is 32.5 Å². The van der Waals surface area contributed by atoms with Crippen LogP contribution in [0.15, 0.2) is 91.3 Å². The van der Waals surface area contributed by atoms with Gasteiger partial charge in [0.25, 0.3) is 23.1 Å². The van der Waals surface area contributed by atoms with E-state index in [4.69, 9.17) is 9.31 Å². The van der Waals surface area contributed by atoms with Crippen LogP contribution < -0.4 is 5.46 Å². The van der Waals surface area contributed by atoms with E-state index in [1.54, 1.807) is 27.7 Å². The van der Waals surface area contributed by atoms with E-state index in [0.717, 1.165) is 73.1 Å². The summed E-state index contributed by atoms with van der Waals surface area (Å²) in [6.45, 7) is 6.74. The second-order valence-corrected chi connectivity index (χ2v) is 14.2. The van der Waals surface area contributed by atoms with Gasteiger partial charge in [-0.15, -0.1) is 0 Å². The summed E-state index contributed by atoms with van der Waals surface area (Å²) in [5.74, 6) is -18.5. The zero-order valence-electron chi connectivity index (χ0n) is 29.5. The molecule has 0 saturated carbocycles. The molecule has 17 heteroatoms. The van der Waals surface area contributed by atoms with Gasteiger partial charge in [-0.3, -0.25) is 9.97 Å². The molecule has 0 bridgehead atoms. The molecule has 0 atom stereocenters. The summed E-state index contributed by atoms with van der Waals surface area (Å²) in [6.07, 6.45) is 1.56. The average Bonchev–Trinajstić information content (AvgIpc) is 3.34. The predicted molar refractivity (Wildman–Crippen MR) is 186 cm³/mol. The molecule has 3 heterocycles. The highest BCUT2D eigenvalue weighted by atomic mass is 19.1. The van der Waals surface area contributed by atoms with Gasteiger partial charge >= 0.3 is 7.12 Å². The standard InChI is InChI=1S/C38H35BF4N2O10/c1-33(2)34(3,4)55-39(54-33)24-14-22(37(50,51)35(46,47)20-5-11-31(44-18-20)27-9-7-25(40)16-29(27)42)13-23(15-24)38(52,53)36(48,49)21-6-12-32(45-19-21)28-10-8-26(41)17-30(28)43/h5-19,46-53H,1-4H3. The van der Waals surface area contributed by atoms with Crippen LogP contribution in [0, 0.1) is 23.3 Å². The number of nitrogens with zero attached hydrogens (tertiary/aromatic N) is 2. The number of aromatic nitrogens is 2. The van der Waals surface area contributed by atoms with Crippen LogP contribution in [0.2, 0.25) is 0 Å². The number of benzene rings is 3. The maximum Gasteiger partial charge on any atom is 0.494 e. The predicted octanol–water partition coefficient (Wildman–Crippen LogP) is 2.62. The highest BCUT2D eigenvalue weighted by Gasteiger charge is 2.56. The molecule has 5 aromatic rings. The lowest BCUT2D eigenvalue weighted by Gasteiger charge is -2.38. The molecule has 1 aliphatic heterocycles. The van der Waals surface area contributed by atoms with E-state index in [9.17, 15) is 58.4 Å². The van der Waals surface area contributed by atoms with Crippen molar-refractivity contribution in [2.45, 2.75) is 62.0 Å². The van der Waals surface area contributed by atoms with E-state index in [2.05, 4.69) is 9.97 Å². The molecule has 1 fully saturated rings. The van der Waals surface area contributed by atoms with Crippen molar-refractivity contribution in [3.8, 4) is 22.5 Å². The van der Waals surface area contributed by atoms with Crippen molar-refractivity contribution in [2.75, 3.05) is 0 Å². The van der Waals surface area contributed by atoms with Crippen LogP contribution >= 0.6 is 0 Å². The zero-order valence-corrected chi connectivity index (χ0v) is 29.5. The molecular formula is C38H35BF4N2O10. The fourth-order valence-corrected chi connectivity index (χ4v) is 5.89. The number of hydrogen-bond acceptors (Lipinski definition) is 12. The van der Waals surface area contributed by atoms with E-state index >= 15 is 0 Å². The minimum atomic E-state index is -3.77. The molecule has 1 aliphatic rings. The lowest BCUT2D eigenvalue weighted by atomic mass is 9.74.